The Labute approximate surface area is 108 Å². The van der Waals surface area contributed by atoms with Crippen molar-refractivity contribution in [3.63, 3.8) is 0 Å². The number of carbonyl (C=O) groups excluding carboxylic acids is 3. The Morgan fingerprint density at radius 1 is 1.00 bits per heavy atom. The summed E-state index contributed by atoms with van der Waals surface area (Å²) in [6.45, 7) is 0.991. The average Bonchev–Trinajstić information content (AvgIpc) is 2.52. The highest BCUT2D eigenvalue weighted by Crippen LogP contribution is 2.16. The first-order valence-corrected chi connectivity index (χ1v) is 6.06. The number of likely N-dealkylation sites (tertiary alicyclic amines) is 1. The Morgan fingerprint density at radius 3 is 1.95 bits per heavy atom. The van der Waals surface area contributed by atoms with Gasteiger partial charge in [-0.2, -0.15) is 0 Å². The third-order valence-corrected chi connectivity index (χ3v) is 3.10. The lowest BCUT2D eigenvalue weighted by Gasteiger charge is -2.28. The monoisotopic (exact) mass is 273 g/mol. The van der Waals surface area contributed by atoms with E-state index in [9.17, 15) is 24.6 Å². The van der Waals surface area contributed by atoms with Gasteiger partial charge in [-0.25, -0.2) is 9.59 Å². The molecular weight excluding hydrogens is 258 g/mol. The van der Waals surface area contributed by atoms with E-state index in [4.69, 9.17) is 0 Å². The molecule has 2 unspecified atom stereocenters. The summed E-state index contributed by atoms with van der Waals surface area (Å²) < 4.78 is 9.19. The van der Waals surface area contributed by atoms with Crippen molar-refractivity contribution < 1.29 is 34.1 Å². The van der Waals surface area contributed by atoms with Gasteiger partial charge in [0.2, 0.25) is 0 Å². The fourth-order valence-corrected chi connectivity index (χ4v) is 2.00. The molecule has 2 fully saturated rings. The highest BCUT2D eigenvalue weighted by Gasteiger charge is 2.43. The molecule has 2 aliphatic rings. The topological polar surface area (TPSA) is 113 Å². The van der Waals surface area contributed by atoms with Crippen LogP contribution in [0.25, 0.3) is 0 Å². The first kappa shape index (κ1) is 13.8. The number of aliphatic hydroxyl groups is 2. The van der Waals surface area contributed by atoms with Crippen LogP contribution in [0.4, 0.5) is 0 Å². The van der Waals surface area contributed by atoms with E-state index in [2.05, 4.69) is 9.47 Å². The molecule has 0 saturated carbocycles. The molecule has 1 amide bonds. The van der Waals surface area contributed by atoms with Crippen molar-refractivity contribution in [2.45, 2.75) is 37.8 Å². The Kier molecular flexibility index (Phi) is 4.01. The van der Waals surface area contributed by atoms with Gasteiger partial charge < -0.3 is 24.6 Å². The van der Waals surface area contributed by atoms with Gasteiger partial charge in [-0.15, -0.1) is 0 Å². The minimum absolute atomic E-state index is 0.496. The molecule has 2 atom stereocenters. The molecular formula is C11H15NO7. The van der Waals surface area contributed by atoms with E-state index in [1.54, 1.807) is 0 Å². The number of rotatable bonds is 1. The van der Waals surface area contributed by atoms with Crippen molar-refractivity contribution in [2.75, 3.05) is 13.1 Å². The van der Waals surface area contributed by atoms with Crippen molar-refractivity contribution in [2.24, 2.45) is 0 Å². The summed E-state index contributed by atoms with van der Waals surface area (Å²) in [7, 11) is 0. The van der Waals surface area contributed by atoms with Crippen LogP contribution < -0.4 is 0 Å². The maximum atomic E-state index is 12.0. The molecule has 2 N–H and O–H groups in total. The molecule has 0 aromatic rings. The summed E-state index contributed by atoms with van der Waals surface area (Å²) in [6.07, 6.45) is -3.15. The predicted molar refractivity (Wildman–Crippen MR) is 58.4 cm³/mol. The quantitative estimate of drug-likeness (QED) is 0.539. The number of aliphatic hydroxyl groups excluding tert-OH is 2. The fourth-order valence-electron chi connectivity index (χ4n) is 2.00. The maximum Gasteiger partial charge on any atom is 0.341 e. The number of cyclic esters (lactones) is 2. The molecule has 0 spiro atoms. The number of esters is 2. The van der Waals surface area contributed by atoms with Crippen molar-refractivity contribution >= 4 is 17.8 Å². The number of hydrogen-bond acceptors (Lipinski definition) is 7. The molecule has 106 valence electrons. The molecule has 19 heavy (non-hydrogen) atoms. The molecule has 0 radical (unpaired) electrons. The van der Waals surface area contributed by atoms with Gasteiger partial charge in [-0.1, -0.05) is 0 Å². The van der Waals surface area contributed by atoms with Gasteiger partial charge in [0.15, 0.2) is 12.2 Å². The molecule has 0 aromatic carbocycles. The lowest BCUT2D eigenvalue weighted by molar-refractivity contribution is -0.194. The Bertz CT molecular complexity index is 369. The van der Waals surface area contributed by atoms with Crippen LogP contribution in [-0.2, 0) is 23.9 Å². The molecule has 2 saturated heterocycles. The minimum atomic E-state index is -2.04. The SMILES string of the molecule is O=C1OC(C(=O)N2CCCCC2)OC(=O)C(O)C1O. The van der Waals surface area contributed by atoms with Crippen LogP contribution >= 0.6 is 0 Å². The Morgan fingerprint density at radius 2 is 1.47 bits per heavy atom. The Balaban J connectivity index is 2.08. The summed E-state index contributed by atoms with van der Waals surface area (Å²) in [4.78, 5) is 36.1. The minimum Gasteiger partial charge on any atom is -0.414 e. The standard InChI is InChI=1S/C11H15NO7/c13-6-7(14)10(17)19-11(18-9(6)16)8(15)12-4-2-1-3-5-12/h6-7,11,13-14H,1-5H2. The molecule has 2 rings (SSSR count). The second kappa shape index (κ2) is 5.54. The van der Waals surface area contributed by atoms with E-state index in [-0.39, 0.29) is 0 Å². The van der Waals surface area contributed by atoms with Crippen LogP contribution in [0.1, 0.15) is 19.3 Å². The molecule has 8 nitrogen and oxygen atoms in total. The summed E-state index contributed by atoms with van der Waals surface area (Å²) in [6, 6.07) is 0. The number of hydrogen-bond donors (Lipinski definition) is 2. The third-order valence-electron chi connectivity index (χ3n) is 3.10. The summed E-state index contributed by atoms with van der Waals surface area (Å²) >= 11 is 0. The summed E-state index contributed by atoms with van der Waals surface area (Å²) in [5.41, 5.74) is 0. The fraction of sp³-hybridized carbons (Fsp3) is 0.727. The normalized spacial score (nSPS) is 32.3. The third kappa shape index (κ3) is 2.85. The van der Waals surface area contributed by atoms with E-state index >= 15 is 0 Å². The second-order valence-corrected chi connectivity index (χ2v) is 4.48. The van der Waals surface area contributed by atoms with Crippen LogP contribution in [0.15, 0.2) is 0 Å². The van der Waals surface area contributed by atoms with Crippen molar-refractivity contribution in [3.8, 4) is 0 Å². The van der Waals surface area contributed by atoms with Crippen LogP contribution in [0, 0.1) is 0 Å². The zero-order chi connectivity index (χ0) is 14.0. The van der Waals surface area contributed by atoms with Gasteiger partial charge >= 0.3 is 24.1 Å². The largest absolute Gasteiger partial charge is 0.414 e. The number of nitrogens with zero attached hydrogens (tertiary/aromatic N) is 1. The van der Waals surface area contributed by atoms with Crippen LogP contribution in [0.5, 0.6) is 0 Å². The molecule has 2 aliphatic heterocycles. The van der Waals surface area contributed by atoms with E-state index in [0.29, 0.717) is 13.1 Å². The number of amides is 1. The van der Waals surface area contributed by atoms with Gasteiger partial charge in [-0.05, 0) is 19.3 Å². The van der Waals surface area contributed by atoms with Crippen molar-refractivity contribution in [3.05, 3.63) is 0 Å². The average molecular weight is 273 g/mol. The lowest BCUT2D eigenvalue weighted by atomic mass is 10.1. The molecule has 0 aromatic heterocycles. The molecule has 2 heterocycles. The van der Waals surface area contributed by atoms with Crippen LogP contribution in [0.2, 0.25) is 0 Å². The van der Waals surface area contributed by atoms with Crippen molar-refractivity contribution in [1.82, 2.24) is 4.90 Å². The summed E-state index contributed by atoms with van der Waals surface area (Å²) in [5, 5.41) is 18.5. The van der Waals surface area contributed by atoms with Crippen LogP contribution in [-0.4, -0.2) is 64.5 Å². The van der Waals surface area contributed by atoms with Gasteiger partial charge in [0.05, 0.1) is 0 Å². The zero-order valence-electron chi connectivity index (χ0n) is 10.2. The molecule has 0 bridgehead atoms. The Hall–Kier alpha value is -1.67. The van der Waals surface area contributed by atoms with Gasteiger partial charge in [-0.3, -0.25) is 4.79 Å². The molecule has 8 heteroatoms. The van der Waals surface area contributed by atoms with E-state index in [1.165, 1.54) is 4.90 Å². The number of piperidine rings is 1. The smallest absolute Gasteiger partial charge is 0.341 e. The zero-order valence-corrected chi connectivity index (χ0v) is 10.2. The van der Waals surface area contributed by atoms with E-state index in [1.807, 2.05) is 0 Å². The second-order valence-electron chi connectivity index (χ2n) is 4.48. The first-order chi connectivity index (χ1) is 9.00. The van der Waals surface area contributed by atoms with E-state index in [0.717, 1.165) is 19.3 Å². The van der Waals surface area contributed by atoms with E-state index < -0.39 is 36.3 Å². The lowest BCUT2D eigenvalue weighted by Crippen LogP contribution is -2.45. The summed E-state index contributed by atoms with van der Waals surface area (Å²) in [5.74, 6) is -3.16. The van der Waals surface area contributed by atoms with Crippen molar-refractivity contribution in [1.29, 1.82) is 0 Å². The maximum absolute atomic E-state index is 12.0. The highest BCUT2D eigenvalue weighted by atomic mass is 16.7. The number of ether oxygens (including phenoxy) is 2. The van der Waals surface area contributed by atoms with Crippen LogP contribution in [0.3, 0.4) is 0 Å². The molecule has 0 aliphatic carbocycles. The first-order valence-electron chi connectivity index (χ1n) is 6.06. The van der Waals surface area contributed by atoms with Gasteiger partial charge in [0, 0.05) is 13.1 Å². The number of carbonyl (C=O) groups is 3. The van der Waals surface area contributed by atoms with Gasteiger partial charge in [0.1, 0.15) is 0 Å². The highest BCUT2D eigenvalue weighted by molar-refractivity contribution is 5.91. The van der Waals surface area contributed by atoms with Gasteiger partial charge in [0.25, 0.3) is 0 Å². The predicted octanol–water partition coefficient (Wildman–Crippen LogP) is -1.85.